The fraction of sp³-hybridized carbons (Fsp3) is 0.318. The third-order valence-electron chi connectivity index (χ3n) is 5.22. The maximum absolute atomic E-state index is 13.1. The highest BCUT2D eigenvalue weighted by atomic mass is 19.4. The van der Waals surface area contributed by atoms with Gasteiger partial charge in [-0.1, -0.05) is 12.1 Å². The number of rotatable bonds is 6. The summed E-state index contributed by atoms with van der Waals surface area (Å²) in [5.41, 5.74) is 9.06. The van der Waals surface area contributed by atoms with E-state index in [9.17, 15) is 13.2 Å². The minimum atomic E-state index is -4.54. The number of nitrogens with zero attached hydrogens (tertiary/aromatic N) is 3. The first-order chi connectivity index (χ1) is 15.0. The molecule has 4 N–H and O–H groups in total. The van der Waals surface area contributed by atoms with Crippen LogP contribution in [0.5, 0.6) is 0 Å². The van der Waals surface area contributed by atoms with Crippen molar-refractivity contribution in [3.63, 3.8) is 0 Å². The fourth-order valence-corrected chi connectivity index (χ4v) is 3.76. The zero-order valence-corrected chi connectivity index (χ0v) is 16.8. The Balaban J connectivity index is 1.67. The highest BCUT2D eigenvalue weighted by molar-refractivity contribution is 5.75. The van der Waals surface area contributed by atoms with E-state index in [1.165, 1.54) is 29.9 Å². The largest absolute Gasteiger partial charge is 0.433 e. The second-order valence-electron chi connectivity index (χ2n) is 7.37. The second kappa shape index (κ2) is 8.89. The van der Waals surface area contributed by atoms with Gasteiger partial charge in [0.1, 0.15) is 23.7 Å². The van der Waals surface area contributed by atoms with Crippen molar-refractivity contribution in [3.05, 3.63) is 59.5 Å². The molecule has 6 nitrogen and oxygen atoms in total. The smallest absolute Gasteiger partial charge is 0.368 e. The third-order valence-corrected chi connectivity index (χ3v) is 5.22. The monoisotopic (exact) mass is 428 g/mol. The van der Waals surface area contributed by atoms with Crippen molar-refractivity contribution < 1.29 is 13.2 Å². The van der Waals surface area contributed by atoms with Crippen LogP contribution in [0.2, 0.25) is 0 Å². The number of nitrogens with one attached hydrogen (secondary N) is 2. The molecule has 0 unspecified atom stereocenters. The quantitative estimate of drug-likeness (QED) is 0.534. The highest BCUT2D eigenvalue weighted by Gasteiger charge is 2.33. The summed E-state index contributed by atoms with van der Waals surface area (Å²) in [7, 11) is 0. The molecule has 0 fully saturated rings. The van der Waals surface area contributed by atoms with Gasteiger partial charge in [-0.3, -0.25) is 0 Å². The summed E-state index contributed by atoms with van der Waals surface area (Å²) >= 11 is 0. The van der Waals surface area contributed by atoms with Crippen LogP contribution in [0.3, 0.4) is 0 Å². The number of alkyl halides is 3. The topological polar surface area (TPSA) is 88.8 Å². The van der Waals surface area contributed by atoms with E-state index in [4.69, 9.17) is 5.73 Å². The number of hydrogen-bond donors (Lipinski definition) is 3. The molecule has 0 radical (unpaired) electrons. The first-order valence-corrected chi connectivity index (χ1v) is 10.2. The number of aryl methyl sites for hydroxylation is 1. The summed E-state index contributed by atoms with van der Waals surface area (Å²) in [5, 5.41) is 6.22. The SMILES string of the molecule is NCCNc1nc(C(F)(F)F)ccc1-c1cc(Nc2cccc3c2CCCC3)ncn1. The van der Waals surface area contributed by atoms with E-state index in [0.29, 0.717) is 17.1 Å². The van der Waals surface area contributed by atoms with Crippen LogP contribution in [-0.4, -0.2) is 28.0 Å². The summed E-state index contributed by atoms with van der Waals surface area (Å²) in [5.74, 6) is 0.649. The Bertz CT molecular complexity index is 1070. The Morgan fingerprint density at radius 1 is 1.03 bits per heavy atom. The van der Waals surface area contributed by atoms with E-state index in [1.807, 2.05) is 12.1 Å². The van der Waals surface area contributed by atoms with Crippen LogP contribution in [0.1, 0.15) is 29.7 Å². The molecule has 0 spiro atoms. The lowest BCUT2D eigenvalue weighted by atomic mass is 9.90. The summed E-state index contributed by atoms with van der Waals surface area (Å²) in [6.45, 7) is 0.542. The van der Waals surface area contributed by atoms with Crippen molar-refractivity contribution in [1.29, 1.82) is 0 Å². The molecule has 0 bridgehead atoms. The van der Waals surface area contributed by atoms with Crippen LogP contribution in [0, 0.1) is 0 Å². The van der Waals surface area contributed by atoms with Gasteiger partial charge in [0.05, 0.1) is 5.69 Å². The lowest BCUT2D eigenvalue weighted by molar-refractivity contribution is -0.141. The number of fused-ring (bicyclic) bond motifs is 1. The molecule has 3 aromatic rings. The summed E-state index contributed by atoms with van der Waals surface area (Å²) in [6, 6.07) is 10.2. The predicted octanol–water partition coefficient (Wildman–Crippen LogP) is 4.55. The standard InChI is InChI=1S/C22H23F3N6/c23-22(24,25)19-9-8-16(21(31-19)27-11-10-26)18-12-20(29-13-28-18)30-17-7-3-5-14-4-1-2-6-15(14)17/h3,5,7-9,12-13H,1-2,4,6,10-11,26H2,(H,27,31)(H,28,29,30). The number of anilines is 3. The minimum absolute atomic E-state index is 0.0852. The fourth-order valence-electron chi connectivity index (χ4n) is 3.76. The van der Waals surface area contributed by atoms with Crippen LogP contribution in [0.4, 0.5) is 30.5 Å². The van der Waals surface area contributed by atoms with Gasteiger partial charge in [0, 0.05) is 30.4 Å². The molecule has 1 aliphatic carbocycles. The van der Waals surface area contributed by atoms with Crippen LogP contribution < -0.4 is 16.4 Å². The van der Waals surface area contributed by atoms with Gasteiger partial charge in [-0.2, -0.15) is 13.2 Å². The number of hydrogen-bond acceptors (Lipinski definition) is 6. The number of aromatic nitrogens is 3. The molecule has 2 aromatic heterocycles. The number of nitrogens with two attached hydrogens (primary N) is 1. The van der Waals surface area contributed by atoms with Crippen molar-refractivity contribution in [2.24, 2.45) is 5.73 Å². The molecule has 0 amide bonds. The Morgan fingerprint density at radius 3 is 2.68 bits per heavy atom. The summed E-state index contributed by atoms with van der Waals surface area (Å²) in [4.78, 5) is 12.3. The number of halogens is 3. The summed E-state index contributed by atoms with van der Waals surface area (Å²) < 4.78 is 39.4. The third kappa shape index (κ3) is 4.77. The first kappa shape index (κ1) is 21.0. The maximum atomic E-state index is 13.1. The van der Waals surface area contributed by atoms with Gasteiger partial charge in [0.2, 0.25) is 0 Å². The molecule has 0 saturated heterocycles. The minimum Gasteiger partial charge on any atom is -0.368 e. The Labute approximate surface area is 178 Å². The molecule has 0 aliphatic heterocycles. The molecule has 31 heavy (non-hydrogen) atoms. The highest BCUT2D eigenvalue weighted by Crippen LogP contribution is 2.34. The van der Waals surface area contributed by atoms with Crippen LogP contribution in [-0.2, 0) is 19.0 Å². The van der Waals surface area contributed by atoms with Crippen molar-refractivity contribution in [3.8, 4) is 11.3 Å². The van der Waals surface area contributed by atoms with Crippen molar-refractivity contribution in [2.45, 2.75) is 31.9 Å². The molecule has 4 rings (SSSR count). The molecule has 2 heterocycles. The number of pyridine rings is 1. The van der Waals surface area contributed by atoms with Crippen molar-refractivity contribution >= 4 is 17.3 Å². The predicted molar refractivity (Wildman–Crippen MR) is 114 cm³/mol. The van der Waals surface area contributed by atoms with Crippen molar-refractivity contribution in [2.75, 3.05) is 23.7 Å². The zero-order valence-electron chi connectivity index (χ0n) is 16.8. The van der Waals surface area contributed by atoms with E-state index in [1.54, 1.807) is 6.07 Å². The zero-order chi connectivity index (χ0) is 21.8. The van der Waals surface area contributed by atoms with Gasteiger partial charge in [0.25, 0.3) is 0 Å². The average Bonchev–Trinajstić information content (AvgIpc) is 2.77. The summed E-state index contributed by atoms with van der Waals surface area (Å²) in [6.07, 6.45) is 1.25. The van der Waals surface area contributed by atoms with Crippen LogP contribution in [0.15, 0.2) is 42.7 Å². The lowest BCUT2D eigenvalue weighted by Crippen LogP contribution is -2.16. The van der Waals surface area contributed by atoms with Gasteiger partial charge >= 0.3 is 6.18 Å². The molecular weight excluding hydrogens is 405 g/mol. The normalized spacial score (nSPS) is 13.5. The average molecular weight is 428 g/mol. The Kier molecular flexibility index (Phi) is 6.03. The van der Waals surface area contributed by atoms with E-state index < -0.39 is 11.9 Å². The molecule has 9 heteroatoms. The van der Waals surface area contributed by atoms with E-state index in [-0.39, 0.29) is 18.9 Å². The van der Waals surface area contributed by atoms with E-state index >= 15 is 0 Å². The van der Waals surface area contributed by atoms with Gasteiger partial charge in [0.15, 0.2) is 0 Å². The van der Waals surface area contributed by atoms with Gasteiger partial charge < -0.3 is 16.4 Å². The van der Waals surface area contributed by atoms with E-state index in [2.05, 4.69) is 31.7 Å². The Morgan fingerprint density at radius 2 is 1.87 bits per heavy atom. The van der Waals surface area contributed by atoms with E-state index in [0.717, 1.165) is 31.0 Å². The first-order valence-electron chi connectivity index (χ1n) is 10.2. The molecular formula is C22H23F3N6. The van der Waals surface area contributed by atoms with Gasteiger partial charge in [-0.05, 0) is 55.0 Å². The molecule has 1 aromatic carbocycles. The molecule has 0 atom stereocenters. The van der Waals surface area contributed by atoms with Gasteiger partial charge in [-0.15, -0.1) is 0 Å². The number of benzene rings is 1. The second-order valence-corrected chi connectivity index (χ2v) is 7.37. The lowest BCUT2D eigenvalue weighted by Gasteiger charge is -2.20. The molecule has 1 aliphatic rings. The Hall–Kier alpha value is -3.20. The molecule has 162 valence electrons. The van der Waals surface area contributed by atoms with Crippen LogP contribution in [0.25, 0.3) is 11.3 Å². The van der Waals surface area contributed by atoms with Crippen LogP contribution >= 0.6 is 0 Å². The molecule has 0 saturated carbocycles. The van der Waals surface area contributed by atoms with Crippen molar-refractivity contribution in [1.82, 2.24) is 15.0 Å². The van der Waals surface area contributed by atoms with Gasteiger partial charge in [-0.25, -0.2) is 15.0 Å². The maximum Gasteiger partial charge on any atom is 0.433 e.